The van der Waals surface area contributed by atoms with Crippen molar-refractivity contribution in [1.29, 1.82) is 0 Å². The van der Waals surface area contributed by atoms with Gasteiger partial charge in [-0.05, 0) is 23.8 Å². The highest BCUT2D eigenvalue weighted by Crippen LogP contribution is 2.30. The topological polar surface area (TPSA) is 24.1 Å². The summed E-state index contributed by atoms with van der Waals surface area (Å²) in [5.41, 5.74) is 4.58. The van der Waals surface area contributed by atoms with E-state index in [9.17, 15) is 0 Å². The molecule has 20 heavy (non-hydrogen) atoms. The van der Waals surface area contributed by atoms with Crippen molar-refractivity contribution in [3.8, 4) is 11.1 Å². The fraction of sp³-hybridized carbons (Fsp3) is 0.111. The quantitative estimate of drug-likeness (QED) is 0.717. The molecule has 0 aromatic heterocycles. The average molecular weight is 264 g/mol. The van der Waals surface area contributed by atoms with Crippen LogP contribution in [0.5, 0.6) is 0 Å². The first-order chi connectivity index (χ1) is 9.85. The van der Waals surface area contributed by atoms with Crippen molar-refractivity contribution in [2.24, 2.45) is 0 Å². The predicted octanol–water partition coefficient (Wildman–Crippen LogP) is 4.55. The summed E-state index contributed by atoms with van der Waals surface area (Å²) in [5, 5.41) is 6.70. The van der Waals surface area contributed by atoms with Crippen molar-refractivity contribution in [3.05, 3.63) is 73.8 Å². The van der Waals surface area contributed by atoms with Gasteiger partial charge >= 0.3 is 0 Å². The molecule has 2 aromatic rings. The summed E-state index contributed by atoms with van der Waals surface area (Å²) in [6.07, 6.45) is 3.71. The lowest BCUT2D eigenvalue weighted by molar-refractivity contribution is 1.32. The molecule has 2 N–H and O–H groups in total. The standard InChI is InChI=1S/C18H20N2/c1-3-12-19-16-10-11-18(20-13-4-2)17(14-16)15-8-6-5-7-9-15/h3-11,14,19-20H,1-2,12-13H2. The Morgan fingerprint density at radius 2 is 1.55 bits per heavy atom. The van der Waals surface area contributed by atoms with Gasteiger partial charge in [-0.3, -0.25) is 0 Å². The summed E-state index contributed by atoms with van der Waals surface area (Å²) < 4.78 is 0. The summed E-state index contributed by atoms with van der Waals surface area (Å²) in [5.74, 6) is 0. The molecule has 2 nitrogen and oxygen atoms in total. The highest BCUT2D eigenvalue weighted by molar-refractivity contribution is 5.81. The van der Waals surface area contributed by atoms with Gasteiger partial charge in [0, 0.05) is 30.0 Å². The van der Waals surface area contributed by atoms with Crippen LogP contribution in [-0.2, 0) is 0 Å². The molecule has 0 spiro atoms. The Kier molecular flexibility index (Phi) is 5.01. The Balaban J connectivity index is 2.37. The summed E-state index contributed by atoms with van der Waals surface area (Å²) in [6.45, 7) is 8.99. The predicted molar refractivity (Wildman–Crippen MR) is 89.3 cm³/mol. The van der Waals surface area contributed by atoms with Crippen LogP contribution in [0.3, 0.4) is 0 Å². The maximum Gasteiger partial charge on any atom is 0.0423 e. The van der Waals surface area contributed by atoms with Crippen LogP contribution < -0.4 is 10.6 Å². The van der Waals surface area contributed by atoms with Crippen LogP contribution >= 0.6 is 0 Å². The van der Waals surface area contributed by atoms with E-state index < -0.39 is 0 Å². The monoisotopic (exact) mass is 264 g/mol. The number of hydrogen-bond acceptors (Lipinski definition) is 2. The number of rotatable bonds is 7. The van der Waals surface area contributed by atoms with E-state index in [-0.39, 0.29) is 0 Å². The molecule has 0 amide bonds. The van der Waals surface area contributed by atoms with Crippen LogP contribution in [0.2, 0.25) is 0 Å². The summed E-state index contributed by atoms with van der Waals surface area (Å²) in [7, 11) is 0. The van der Waals surface area contributed by atoms with Crippen LogP contribution in [0.25, 0.3) is 11.1 Å². The van der Waals surface area contributed by atoms with E-state index in [2.05, 4.69) is 66.3 Å². The zero-order chi connectivity index (χ0) is 14.2. The van der Waals surface area contributed by atoms with Crippen molar-refractivity contribution in [2.75, 3.05) is 23.7 Å². The molecular formula is C18H20N2. The van der Waals surface area contributed by atoms with Gasteiger partial charge in [-0.1, -0.05) is 42.5 Å². The molecule has 102 valence electrons. The second kappa shape index (κ2) is 7.19. The fourth-order valence-electron chi connectivity index (χ4n) is 2.04. The van der Waals surface area contributed by atoms with E-state index in [1.165, 1.54) is 11.1 Å². The van der Waals surface area contributed by atoms with E-state index in [0.29, 0.717) is 0 Å². The maximum atomic E-state index is 3.75. The minimum Gasteiger partial charge on any atom is -0.382 e. The molecule has 0 aliphatic rings. The average Bonchev–Trinajstić information content (AvgIpc) is 2.52. The largest absolute Gasteiger partial charge is 0.382 e. The third-order valence-electron chi connectivity index (χ3n) is 2.99. The SMILES string of the molecule is C=CCNc1ccc(NCC=C)c(-c2ccccc2)c1. The first-order valence-electron chi connectivity index (χ1n) is 6.74. The molecule has 0 aliphatic heterocycles. The molecule has 2 heteroatoms. The molecule has 2 rings (SSSR count). The Labute approximate surface area is 120 Å². The van der Waals surface area contributed by atoms with Gasteiger partial charge in [-0.2, -0.15) is 0 Å². The highest BCUT2D eigenvalue weighted by Gasteiger charge is 2.05. The number of hydrogen-bond donors (Lipinski definition) is 2. The van der Waals surface area contributed by atoms with Crippen LogP contribution in [0.15, 0.2) is 73.8 Å². The first kappa shape index (κ1) is 13.9. The summed E-state index contributed by atoms with van der Waals surface area (Å²) in [4.78, 5) is 0. The lowest BCUT2D eigenvalue weighted by Crippen LogP contribution is -2.02. The van der Waals surface area contributed by atoms with E-state index in [4.69, 9.17) is 0 Å². The van der Waals surface area contributed by atoms with Gasteiger partial charge in [0.25, 0.3) is 0 Å². The maximum absolute atomic E-state index is 3.75. The van der Waals surface area contributed by atoms with Crippen molar-refractivity contribution < 1.29 is 0 Å². The van der Waals surface area contributed by atoms with Crippen molar-refractivity contribution in [1.82, 2.24) is 0 Å². The molecule has 0 heterocycles. The molecular weight excluding hydrogens is 244 g/mol. The first-order valence-corrected chi connectivity index (χ1v) is 6.74. The summed E-state index contributed by atoms with van der Waals surface area (Å²) >= 11 is 0. The van der Waals surface area contributed by atoms with Crippen LogP contribution in [0.1, 0.15) is 0 Å². The highest BCUT2D eigenvalue weighted by atomic mass is 14.9. The lowest BCUT2D eigenvalue weighted by atomic mass is 10.0. The van der Waals surface area contributed by atoms with E-state index in [1.54, 1.807) is 0 Å². The molecule has 0 radical (unpaired) electrons. The Hall–Kier alpha value is -2.48. The van der Waals surface area contributed by atoms with E-state index in [1.807, 2.05) is 18.2 Å². The van der Waals surface area contributed by atoms with Crippen molar-refractivity contribution >= 4 is 11.4 Å². The number of nitrogens with one attached hydrogen (secondary N) is 2. The molecule has 0 unspecified atom stereocenters. The lowest BCUT2D eigenvalue weighted by Gasteiger charge is -2.14. The van der Waals surface area contributed by atoms with E-state index in [0.717, 1.165) is 24.5 Å². The van der Waals surface area contributed by atoms with Crippen LogP contribution in [-0.4, -0.2) is 13.1 Å². The van der Waals surface area contributed by atoms with Gasteiger partial charge in [0.2, 0.25) is 0 Å². The van der Waals surface area contributed by atoms with E-state index >= 15 is 0 Å². The summed E-state index contributed by atoms with van der Waals surface area (Å²) in [6, 6.07) is 16.7. The molecule has 2 aromatic carbocycles. The molecule has 0 aliphatic carbocycles. The minimum atomic E-state index is 0.749. The third kappa shape index (κ3) is 3.51. The Morgan fingerprint density at radius 3 is 2.25 bits per heavy atom. The third-order valence-corrected chi connectivity index (χ3v) is 2.99. The number of benzene rings is 2. The van der Waals surface area contributed by atoms with Crippen molar-refractivity contribution in [3.63, 3.8) is 0 Å². The zero-order valence-corrected chi connectivity index (χ0v) is 11.6. The molecule has 0 bridgehead atoms. The van der Waals surface area contributed by atoms with Crippen LogP contribution in [0.4, 0.5) is 11.4 Å². The van der Waals surface area contributed by atoms with Crippen molar-refractivity contribution in [2.45, 2.75) is 0 Å². The zero-order valence-electron chi connectivity index (χ0n) is 11.6. The van der Waals surface area contributed by atoms with Crippen LogP contribution in [0, 0.1) is 0 Å². The molecule has 0 atom stereocenters. The Morgan fingerprint density at radius 1 is 0.850 bits per heavy atom. The van der Waals surface area contributed by atoms with Gasteiger partial charge in [0.05, 0.1) is 0 Å². The molecule has 0 saturated carbocycles. The van der Waals surface area contributed by atoms with Gasteiger partial charge < -0.3 is 10.6 Å². The van der Waals surface area contributed by atoms with Gasteiger partial charge in [-0.25, -0.2) is 0 Å². The minimum absolute atomic E-state index is 0.749. The van der Waals surface area contributed by atoms with Gasteiger partial charge in [0.15, 0.2) is 0 Å². The van der Waals surface area contributed by atoms with Gasteiger partial charge in [0.1, 0.15) is 0 Å². The number of anilines is 2. The normalized spacial score (nSPS) is 9.80. The molecule has 0 fully saturated rings. The smallest absolute Gasteiger partial charge is 0.0423 e. The molecule has 0 saturated heterocycles. The second-order valence-electron chi connectivity index (χ2n) is 4.47. The fourth-order valence-corrected chi connectivity index (χ4v) is 2.04. The Bertz CT molecular complexity index is 573. The van der Waals surface area contributed by atoms with Gasteiger partial charge in [-0.15, -0.1) is 13.2 Å². The second-order valence-corrected chi connectivity index (χ2v) is 4.47.